The average molecular weight is 409 g/mol. The maximum absolute atomic E-state index is 13.6. The number of fused-ring (bicyclic) bond motifs is 1. The Morgan fingerprint density at radius 3 is 2.82 bits per heavy atom. The van der Waals surface area contributed by atoms with Crippen LogP contribution in [0.15, 0.2) is 23.0 Å². The van der Waals surface area contributed by atoms with Crippen molar-refractivity contribution in [3.05, 3.63) is 49.8 Å². The number of nitrogens with one attached hydrogen (secondary N) is 2. The number of hydrogen-bond donors (Lipinski definition) is 2. The zero-order valence-corrected chi connectivity index (χ0v) is 15.1. The van der Waals surface area contributed by atoms with Gasteiger partial charge in [0.05, 0.1) is 4.92 Å². The molecule has 0 amide bonds. The lowest BCUT2D eigenvalue weighted by Crippen LogP contribution is -2.27. The molecule has 2 N–H and O–H groups in total. The first kappa shape index (κ1) is 18.3. The highest BCUT2D eigenvalue weighted by atomic mass is 35.5. The predicted octanol–water partition coefficient (Wildman–Crippen LogP) is 2.92. The number of hydrogen-bond acceptors (Lipinski definition) is 7. The predicted molar refractivity (Wildman–Crippen MR) is 98.6 cm³/mol. The van der Waals surface area contributed by atoms with Crippen LogP contribution in [-0.2, 0) is 4.74 Å². The Morgan fingerprint density at radius 2 is 2.11 bits per heavy atom. The van der Waals surface area contributed by atoms with Gasteiger partial charge < -0.3 is 15.0 Å². The number of nitro groups is 1. The molecule has 3 aromatic rings. The van der Waals surface area contributed by atoms with E-state index >= 15 is 0 Å². The van der Waals surface area contributed by atoms with E-state index in [-0.39, 0.29) is 45.4 Å². The number of benzene rings is 1. The van der Waals surface area contributed by atoms with Crippen molar-refractivity contribution >= 4 is 40.1 Å². The molecule has 4 rings (SSSR count). The standard InChI is InChI=1S/C16H14ClFN6O4/c17-13-12-14(23(16(25)20-12)9-3-5-28-6-4-9)22-15(21-13)19-10-7-8(18)1-2-11(10)24(26)27/h1-2,7,9H,3-6H2,(H,20,25)(H,19,21,22). The summed E-state index contributed by atoms with van der Waals surface area (Å²) in [4.78, 5) is 33.9. The Morgan fingerprint density at radius 1 is 1.36 bits per heavy atom. The van der Waals surface area contributed by atoms with Crippen LogP contribution in [0.5, 0.6) is 0 Å². The number of aromatic nitrogens is 4. The van der Waals surface area contributed by atoms with Crippen LogP contribution >= 0.6 is 11.6 Å². The van der Waals surface area contributed by atoms with Gasteiger partial charge in [-0.3, -0.25) is 14.7 Å². The third-order valence-electron chi connectivity index (χ3n) is 4.48. The quantitative estimate of drug-likeness (QED) is 0.386. The van der Waals surface area contributed by atoms with Crippen molar-refractivity contribution < 1.29 is 14.1 Å². The maximum Gasteiger partial charge on any atom is 0.328 e. The second-order valence-corrected chi connectivity index (χ2v) is 6.58. The molecule has 1 aromatic carbocycles. The number of imidazole rings is 1. The van der Waals surface area contributed by atoms with Gasteiger partial charge in [-0.25, -0.2) is 9.18 Å². The zero-order valence-electron chi connectivity index (χ0n) is 14.3. The fourth-order valence-electron chi connectivity index (χ4n) is 3.19. The molecule has 1 aliphatic heterocycles. The Kier molecular flexibility index (Phi) is 4.69. The number of aromatic amines is 1. The molecular formula is C16H14ClFN6O4. The number of halogens is 2. The summed E-state index contributed by atoms with van der Waals surface area (Å²) in [7, 11) is 0. The van der Waals surface area contributed by atoms with Crippen molar-refractivity contribution in [1.29, 1.82) is 0 Å². The molecule has 0 aliphatic carbocycles. The fourth-order valence-corrected chi connectivity index (χ4v) is 3.41. The SMILES string of the molecule is O=c1[nH]c2c(Cl)nc(Nc3cc(F)ccc3[N+](=O)[O-])nc2n1C1CCOCC1. The molecule has 0 atom stereocenters. The van der Waals surface area contributed by atoms with Gasteiger partial charge in [-0.05, 0) is 18.9 Å². The number of nitro benzene ring substituents is 1. The first-order valence-electron chi connectivity index (χ1n) is 8.40. The largest absolute Gasteiger partial charge is 0.381 e. The molecule has 28 heavy (non-hydrogen) atoms. The molecule has 3 heterocycles. The topological polar surface area (TPSA) is 128 Å². The molecule has 146 valence electrons. The first-order chi connectivity index (χ1) is 13.4. The lowest BCUT2D eigenvalue weighted by Gasteiger charge is -2.22. The molecule has 1 saturated heterocycles. The van der Waals surface area contributed by atoms with Gasteiger partial charge in [-0.1, -0.05) is 11.6 Å². The third kappa shape index (κ3) is 3.29. The van der Waals surface area contributed by atoms with Crippen LogP contribution in [0, 0.1) is 15.9 Å². The molecular weight excluding hydrogens is 395 g/mol. The third-order valence-corrected chi connectivity index (χ3v) is 4.76. The molecule has 0 unspecified atom stereocenters. The summed E-state index contributed by atoms with van der Waals surface area (Å²) in [5.41, 5.74) is -0.337. The lowest BCUT2D eigenvalue weighted by atomic mass is 10.1. The van der Waals surface area contributed by atoms with Crippen LogP contribution in [-0.4, -0.2) is 37.7 Å². The van der Waals surface area contributed by atoms with E-state index in [2.05, 4.69) is 20.3 Å². The first-order valence-corrected chi connectivity index (χ1v) is 8.78. The van der Waals surface area contributed by atoms with Crippen LogP contribution in [0.2, 0.25) is 5.15 Å². The minimum absolute atomic E-state index is 0.0329. The summed E-state index contributed by atoms with van der Waals surface area (Å²) in [6.07, 6.45) is 1.26. The molecule has 10 nitrogen and oxygen atoms in total. The highest BCUT2D eigenvalue weighted by molar-refractivity contribution is 6.33. The minimum atomic E-state index is -0.666. The Bertz CT molecular complexity index is 1120. The van der Waals surface area contributed by atoms with Gasteiger partial charge in [0.25, 0.3) is 5.69 Å². The van der Waals surface area contributed by atoms with Crippen molar-refractivity contribution in [1.82, 2.24) is 19.5 Å². The summed E-state index contributed by atoms with van der Waals surface area (Å²) in [6, 6.07) is 2.85. The van der Waals surface area contributed by atoms with E-state index < -0.39 is 10.7 Å². The van der Waals surface area contributed by atoms with Gasteiger partial charge >= 0.3 is 5.69 Å². The molecule has 12 heteroatoms. The number of nitrogens with zero attached hydrogens (tertiary/aromatic N) is 4. The van der Waals surface area contributed by atoms with Gasteiger partial charge in [0.2, 0.25) is 5.95 Å². The molecule has 1 fully saturated rings. The van der Waals surface area contributed by atoms with Crippen molar-refractivity contribution in [2.24, 2.45) is 0 Å². The van der Waals surface area contributed by atoms with Crippen molar-refractivity contribution in [2.45, 2.75) is 18.9 Å². The van der Waals surface area contributed by atoms with Crippen LogP contribution in [0.25, 0.3) is 11.2 Å². The Balaban J connectivity index is 1.80. The molecule has 0 spiro atoms. The molecule has 1 aliphatic rings. The van der Waals surface area contributed by atoms with E-state index in [1.807, 2.05) is 0 Å². The number of ether oxygens (including phenoxy) is 1. The van der Waals surface area contributed by atoms with Crippen molar-refractivity contribution in [3.8, 4) is 0 Å². The van der Waals surface area contributed by atoms with Crippen LogP contribution in [0.4, 0.5) is 21.7 Å². The van der Waals surface area contributed by atoms with Crippen molar-refractivity contribution in [3.63, 3.8) is 0 Å². The van der Waals surface area contributed by atoms with E-state index in [0.29, 0.717) is 26.1 Å². The van der Waals surface area contributed by atoms with Gasteiger partial charge in [-0.15, -0.1) is 0 Å². The summed E-state index contributed by atoms with van der Waals surface area (Å²) in [5.74, 6) is -0.757. The number of H-pyrrole nitrogens is 1. The Labute approximate surface area is 161 Å². The second-order valence-electron chi connectivity index (χ2n) is 6.22. The summed E-state index contributed by atoms with van der Waals surface area (Å²) >= 11 is 6.18. The summed E-state index contributed by atoms with van der Waals surface area (Å²) in [5, 5.41) is 13.8. The highest BCUT2D eigenvalue weighted by Crippen LogP contribution is 2.30. The van der Waals surface area contributed by atoms with Crippen molar-refractivity contribution in [2.75, 3.05) is 18.5 Å². The van der Waals surface area contributed by atoms with E-state index in [4.69, 9.17) is 16.3 Å². The lowest BCUT2D eigenvalue weighted by molar-refractivity contribution is -0.384. The minimum Gasteiger partial charge on any atom is -0.381 e. The van der Waals surface area contributed by atoms with Gasteiger partial charge in [0.1, 0.15) is 17.0 Å². The molecule has 0 saturated carbocycles. The maximum atomic E-state index is 13.6. The summed E-state index contributed by atoms with van der Waals surface area (Å²) in [6.45, 7) is 1.03. The smallest absolute Gasteiger partial charge is 0.328 e. The normalized spacial score (nSPS) is 15.1. The van der Waals surface area contributed by atoms with E-state index in [1.54, 1.807) is 0 Å². The van der Waals surface area contributed by atoms with Gasteiger partial charge in [0.15, 0.2) is 10.8 Å². The number of rotatable bonds is 4. The second kappa shape index (κ2) is 7.17. The molecule has 0 bridgehead atoms. The van der Waals surface area contributed by atoms with Crippen LogP contribution in [0.1, 0.15) is 18.9 Å². The zero-order chi connectivity index (χ0) is 19.8. The van der Waals surface area contributed by atoms with Crippen LogP contribution in [0.3, 0.4) is 0 Å². The fraction of sp³-hybridized carbons (Fsp3) is 0.312. The van der Waals surface area contributed by atoms with Gasteiger partial charge in [-0.2, -0.15) is 9.97 Å². The van der Waals surface area contributed by atoms with E-state index in [1.165, 1.54) is 4.57 Å². The summed E-state index contributed by atoms with van der Waals surface area (Å²) < 4.78 is 20.4. The average Bonchev–Trinajstić information content (AvgIpc) is 2.99. The highest BCUT2D eigenvalue weighted by Gasteiger charge is 2.24. The van der Waals surface area contributed by atoms with Crippen LogP contribution < -0.4 is 11.0 Å². The van der Waals surface area contributed by atoms with E-state index in [9.17, 15) is 19.3 Å². The Hall–Kier alpha value is -3.05. The molecule has 2 aromatic heterocycles. The monoisotopic (exact) mass is 408 g/mol. The van der Waals surface area contributed by atoms with Gasteiger partial charge in [0, 0.05) is 31.4 Å². The van der Waals surface area contributed by atoms with E-state index in [0.717, 1.165) is 18.2 Å². The molecule has 0 radical (unpaired) electrons. The number of anilines is 2.